The summed E-state index contributed by atoms with van der Waals surface area (Å²) in [6.45, 7) is 7.00. The van der Waals surface area contributed by atoms with Crippen LogP contribution in [0.2, 0.25) is 0 Å². The van der Waals surface area contributed by atoms with Gasteiger partial charge in [-0.15, -0.1) is 7.92 Å². The minimum atomic E-state index is 0.232. The number of rotatable bonds is 4. The van der Waals surface area contributed by atoms with Crippen molar-refractivity contribution in [2.24, 2.45) is 0 Å². The van der Waals surface area contributed by atoms with Gasteiger partial charge in [0, 0.05) is 0 Å². The molecule has 0 spiro atoms. The molecule has 0 aliphatic heterocycles. The Kier molecular flexibility index (Phi) is 4.57. The molecule has 1 aliphatic carbocycles. The highest BCUT2D eigenvalue weighted by atomic mass is 31.1. The molecule has 12 heavy (non-hydrogen) atoms. The Morgan fingerprint density at radius 2 is 1.67 bits per heavy atom. The van der Waals surface area contributed by atoms with Crippen LogP contribution in [0, 0.1) is 31.6 Å². The zero-order valence-electron chi connectivity index (χ0n) is 8.25. The Morgan fingerprint density at radius 1 is 1.17 bits per heavy atom. The van der Waals surface area contributed by atoms with Crippen LogP contribution < -0.4 is 0 Å². The van der Waals surface area contributed by atoms with E-state index in [2.05, 4.69) is 46.5 Å². The molecule has 1 aliphatic rings. The molecule has 0 aromatic heterocycles. The fourth-order valence-corrected chi connectivity index (χ4v) is 3.79. The summed E-state index contributed by atoms with van der Waals surface area (Å²) < 4.78 is 0. The molecule has 5 radical (unpaired) electrons. The van der Waals surface area contributed by atoms with E-state index >= 15 is 0 Å². The van der Waals surface area contributed by atoms with Crippen LogP contribution in [0.1, 0.15) is 20.8 Å². The van der Waals surface area contributed by atoms with Crippen LogP contribution in [0.5, 0.6) is 0 Å². The van der Waals surface area contributed by atoms with Crippen molar-refractivity contribution in [3.05, 3.63) is 31.6 Å². The summed E-state index contributed by atoms with van der Waals surface area (Å²) in [5, 5.41) is 0. The fraction of sp³-hybridized carbons (Fsp3) is 0.545. The molecule has 1 atom stereocenters. The van der Waals surface area contributed by atoms with Crippen LogP contribution in [-0.2, 0) is 0 Å². The molecule has 0 bridgehead atoms. The molecule has 0 unspecified atom stereocenters. The molecule has 0 nitrogen and oxygen atoms in total. The third-order valence-corrected chi connectivity index (χ3v) is 5.55. The van der Waals surface area contributed by atoms with Gasteiger partial charge in [-0.3, -0.25) is 0 Å². The lowest BCUT2D eigenvalue weighted by Gasteiger charge is -2.26. The first kappa shape index (κ1) is 10.5. The van der Waals surface area contributed by atoms with Crippen LogP contribution in [0.4, 0.5) is 0 Å². The second-order valence-electron chi connectivity index (χ2n) is 3.12. The Bertz CT molecular complexity index is 110. The van der Waals surface area contributed by atoms with Gasteiger partial charge in [0.05, 0.1) is 0 Å². The highest BCUT2D eigenvalue weighted by molar-refractivity contribution is 7.58. The summed E-state index contributed by atoms with van der Waals surface area (Å²) in [5.74, 6) is 1.53. The van der Waals surface area contributed by atoms with E-state index in [0.717, 1.165) is 5.66 Å². The Labute approximate surface area is 78.9 Å². The zero-order valence-corrected chi connectivity index (χ0v) is 9.14. The monoisotopic (exact) mass is 181 g/mol. The van der Waals surface area contributed by atoms with E-state index in [-0.39, 0.29) is 7.92 Å². The first-order valence-corrected chi connectivity index (χ1v) is 6.53. The number of hydrogen-bond acceptors (Lipinski definition) is 0. The molecule has 1 rings (SSSR count). The van der Waals surface area contributed by atoms with Crippen LogP contribution in [0.15, 0.2) is 0 Å². The first-order chi connectivity index (χ1) is 5.79. The van der Waals surface area contributed by atoms with Gasteiger partial charge in [-0.25, -0.2) is 0 Å². The number of hydrogen-bond donors (Lipinski definition) is 0. The SMILES string of the molecule is CCP(CC)[C@H](C)[C]1[CH][CH][CH][CH]1. The van der Waals surface area contributed by atoms with Gasteiger partial charge in [0.1, 0.15) is 0 Å². The van der Waals surface area contributed by atoms with Gasteiger partial charge >= 0.3 is 0 Å². The average molecular weight is 181 g/mol. The molecule has 67 valence electrons. The maximum absolute atomic E-state index is 2.37. The molecule has 1 saturated carbocycles. The molecule has 0 aromatic carbocycles. The summed E-state index contributed by atoms with van der Waals surface area (Å²) in [6.07, 6.45) is 11.5. The lowest BCUT2D eigenvalue weighted by atomic mass is 10.1. The van der Waals surface area contributed by atoms with Gasteiger partial charge < -0.3 is 0 Å². The van der Waals surface area contributed by atoms with Gasteiger partial charge in [-0.2, -0.15) is 0 Å². The summed E-state index contributed by atoms with van der Waals surface area (Å²) in [6, 6.07) is 0. The lowest BCUT2D eigenvalue weighted by molar-refractivity contribution is 0.999. The lowest BCUT2D eigenvalue weighted by Crippen LogP contribution is -2.12. The van der Waals surface area contributed by atoms with Crippen LogP contribution in [-0.4, -0.2) is 18.0 Å². The van der Waals surface area contributed by atoms with Crippen molar-refractivity contribution in [2.75, 3.05) is 12.3 Å². The molecule has 0 N–H and O–H groups in total. The van der Waals surface area contributed by atoms with E-state index in [9.17, 15) is 0 Å². The molecule has 0 aromatic rings. The summed E-state index contributed by atoms with van der Waals surface area (Å²) >= 11 is 0. The smallest absolute Gasteiger partial charge is 0.00963 e. The third-order valence-electron chi connectivity index (χ3n) is 2.53. The maximum Gasteiger partial charge on any atom is -0.00963 e. The van der Waals surface area contributed by atoms with Crippen molar-refractivity contribution < 1.29 is 0 Å². The van der Waals surface area contributed by atoms with Crippen molar-refractivity contribution in [1.29, 1.82) is 0 Å². The second-order valence-corrected chi connectivity index (χ2v) is 6.33. The van der Waals surface area contributed by atoms with E-state index in [1.165, 1.54) is 18.2 Å². The van der Waals surface area contributed by atoms with Crippen molar-refractivity contribution in [3.63, 3.8) is 0 Å². The van der Waals surface area contributed by atoms with Gasteiger partial charge in [0.25, 0.3) is 0 Å². The summed E-state index contributed by atoms with van der Waals surface area (Å²) in [4.78, 5) is 0. The van der Waals surface area contributed by atoms with Crippen molar-refractivity contribution in [1.82, 2.24) is 0 Å². The van der Waals surface area contributed by atoms with E-state index < -0.39 is 0 Å². The zero-order chi connectivity index (χ0) is 8.97. The summed E-state index contributed by atoms with van der Waals surface area (Å²) in [5.41, 5.74) is 0.796. The van der Waals surface area contributed by atoms with E-state index in [0.29, 0.717) is 0 Å². The predicted octanol–water partition coefficient (Wildman–Crippen LogP) is 3.30. The highest BCUT2D eigenvalue weighted by Crippen LogP contribution is 2.47. The van der Waals surface area contributed by atoms with Crippen LogP contribution >= 0.6 is 7.92 Å². The fourth-order valence-electron chi connectivity index (χ4n) is 1.65. The first-order valence-electron chi connectivity index (χ1n) is 4.75. The van der Waals surface area contributed by atoms with Crippen molar-refractivity contribution in [3.8, 4) is 0 Å². The van der Waals surface area contributed by atoms with Crippen molar-refractivity contribution in [2.45, 2.75) is 26.4 Å². The molecular formula is C11H18P. The molecule has 0 saturated heterocycles. The molecule has 0 amide bonds. The van der Waals surface area contributed by atoms with Crippen molar-refractivity contribution >= 4 is 7.92 Å². The molecule has 0 heterocycles. The van der Waals surface area contributed by atoms with Crippen LogP contribution in [0.3, 0.4) is 0 Å². The molecular weight excluding hydrogens is 163 g/mol. The van der Waals surface area contributed by atoms with E-state index in [1.807, 2.05) is 0 Å². The van der Waals surface area contributed by atoms with Gasteiger partial charge in [0.15, 0.2) is 0 Å². The minimum Gasteiger partial charge on any atom is -0.104 e. The third kappa shape index (κ3) is 2.46. The normalized spacial score (nSPS) is 22.0. The van der Waals surface area contributed by atoms with Gasteiger partial charge in [-0.05, 0) is 49.6 Å². The molecule has 1 fully saturated rings. The summed E-state index contributed by atoms with van der Waals surface area (Å²) in [7, 11) is 0.232. The Balaban J connectivity index is 2.37. The Hall–Kier alpha value is 0.430. The average Bonchev–Trinajstić information content (AvgIpc) is 2.58. The standard InChI is InChI=1S/C11H18P/c1-4-12(5-2)10(3)11-8-6-7-9-11/h6-10H,4-5H2,1-3H3/t10-/m1/s1. The highest BCUT2D eigenvalue weighted by Gasteiger charge is 2.26. The van der Waals surface area contributed by atoms with Crippen LogP contribution in [0.25, 0.3) is 0 Å². The van der Waals surface area contributed by atoms with E-state index in [4.69, 9.17) is 0 Å². The molecule has 1 heteroatoms. The topological polar surface area (TPSA) is 0 Å². The maximum atomic E-state index is 2.37. The van der Waals surface area contributed by atoms with Gasteiger partial charge in [-0.1, -0.05) is 20.8 Å². The quantitative estimate of drug-likeness (QED) is 0.584. The Morgan fingerprint density at radius 3 is 2.08 bits per heavy atom. The van der Waals surface area contributed by atoms with E-state index in [1.54, 1.807) is 0 Å². The second kappa shape index (κ2) is 5.22. The predicted molar refractivity (Wildman–Crippen MR) is 57.9 cm³/mol. The largest absolute Gasteiger partial charge is 0.104 e. The van der Waals surface area contributed by atoms with Gasteiger partial charge in [0.2, 0.25) is 0 Å². The minimum absolute atomic E-state index is 0.232.